The Morgan fingerprint density at radius 3 is 1.55 bits per heavy atom. The fourth-order valence-corrected chi connectivity index (χ4v) is 3.13. The topological polar surface area (TPSA) is 64.6 Å². The maximum Gasteiger partial charge on any atom is 0.407 e. The molecule has 1 N–H and O–H groups in total. The zero-order valence-corrected chi connectivity index (χ0v) is 19.1. The van der Waals surface area contributed by atoms with E-state index in [0.717, 1.165) is 12.8 Å². The first-order chi connectivity index (χ1) is 14.1. The molecule has 5 nitrogen and oxygen atoms in total. The van der Waals surface area contributed by atoms with Crippen molar-refractivity contribution >= 4 is 12.1 Å². The van der Waals surface area contributed by atoms with Crippen LogP contribution >= 0.6 is 0 Å². The maximum absolute atomic E-state index is 11.5. The van der Waals surface area contributed by atoms with Crippen LogP contribution in [0.5, 0.6) is 0 Å². The molecular weight excluding hydrogens is 366 g/mol. The van der Waals surface area contributed by atoms with Crippen molar-refractivity contribution < 1.29 is 19.1 Å². The van der Waals surface area contributed by atoms with Crippen molar-refractivity contribution in [1.82, 2.24) is 5.32 Å². The third kappa shape index (κ3) is 21.0. The lowest BCUT2D eigenvalue weighted by Gasteiger charge is -2.08. The van der Waals surface area contributed by atoms with Crippen molar-refractivity contribution in [2.75, 3.05) is 19.8 Å². The minimum atomic E-state index is -0.466. The maximum atomic E-state index is 11.5. The van der Waals surface area contributed by atoms with Gasteiger partial charge < -0.3 is 14.8 Å². The summed E-state index contributed by atoms with van der Waals surface area (Å²) >= 11 is 0. The number of amides is 1. The summed E-state index contributed by atoms with van der Waals surface area (Å²) in [5.41, 5.74) is 0.336. The number of hydrogen-bond acceptors (Lipinski definition) is 4. The van der Waals surface area contributed by atoms with Crippen LogP contribution in [0, 0.1) is 0 Å². The average Bonchev–Trinajstić information content (AvgIpc) is 2.70. The first-order valence-corrected chi connectivity index (χ1v) is 11.8. The van der Waals surface area contributed by atoms with E-state index in [-0.39, 0.29) is 13.2 Å². The lowest BCUT2D eigenvalue weighted by atomic mass is 10.0. The number of hydrogen-bond donors (Lipinski definition) is 1. The molecule has 170 valence electrons. The Morgan fingerprint density at radius 2 is 1.10 bits per heavy atom. The Kier molecular flexibility index (Phi) is 20.1. The summed E-state index contributed by atoms with van der Waals surface area (Å²) in [6, 6.07) is 0. The third-order valence-corrected chi connectivity index (χ3v) is 4.95. The van der Waals surface area contributed by atoms with Crippen molar-refractivity contribution in [2.45, 2.75) is 110 Å². The van der Waals surface area contributed by atoms with Crippen LogP contribution in [0.3, 0.4) is 0 Å². The number of unbranched alkanes of at least 4 members (excludes halogenated alkanes) is 14. The van der Waals surface area contributed by atoms with Gasteiger partial charge in [0.15, 0.2) is 0 Å². The van der Waals surface area contributed by atoms with Crippen molar-refractivity contribution in [3.8, 4) is 0 Å². The second-order valence-corrected chi connectivity index (χ2v) is 7.93. The van der Waals surface area contributed by atoms with Gasteiger partial charge in [-0.25, -0.2) is 9.59 Å². The fraction of sp³-hybridized carbons (Fsp3) is 0.833. The van der Waals surface area contributed by atoms with E-state index in [0.29, 0.717) is 12.1 Å². The van der Waals surface area contributed by atoms with Crippen molar-refractivity contribution in [1.29, 1.82) is 0 Å². The van der Waals surface area contributed by atoms with Gasteiger partial charge >= 0.3 is 12.1 Å². The average molecular weight is 412 g/mol. The van der Waals surface area contributed by atoms with Crippen LogP contribution < -0.4 is 5.32 Å². The number of ether oxygens (including phenoxy) is 2. The third-order valence-electron chi connectivity index (χ3n) is 4.95. The van der Waals surface area contributed by atoms with E-state index in [2.05, 4.69) is 18.8 Å². The summed E-state index contributed by atoms with van der Waals surface area (Å²) < 4.78 is 9.78. The highest BCUT2D eigenvalue weighted by Crippen LogP contribution is 2.13. The number of carbonyl (C=O) groups excluding carboxylic acids is 2. The Morgan fingerprint density at radius 1 is 0.690 bits per heavy atom. The van der Waals surface area contributed by atoms with Crippen LogP contribution in [0.1, 0.15) is 110 Å². The Balaban J connectivity index is 3.20. The normalized spacial score (nSPS) is 10.6. The molecule has 0 unspecified atom stereocenters. The van der Waals surface area contributed by atoms with E-state index in [1.165, 1.54) is 83.5 Å². The van der Waals surface area contributed by atoms with Gasteiger partial charge in [-0.3, -0.25) is 0 Å². The Hall–Kier alpha value is -1.52. The first-order valence-electron chi connectivity index (χ1n) is 11.8. The molecule has 1 amide bonds. The fourth-order valence-electron chi connectivity index (χ4n) is 3.13. The molecule has 0 fully saturated rings. The summed E-state index contributed by atoms with van der Waals surface area (Å²) in [5.74, 6) is -0.466. The molecule has 0 heterocycles. The second-order valence-electron chi connectivity index (χ2n) is 7.93. The van der Waals surface area contributed by atoms with Crippen LogP contribution in [0.2, 0.25) is 0 Å². The second kappa shape index (κ2) is 21.2. The van der Waals surface area contributed by atoms with Crippen molar-refractivity contribution in [3.05, 3.63) is 12.2 Å². The predicted octanol–water partition coefficient (Wildman–Crippen LogP) is 6.70. The zero-order chi connectivity index (χ0) is 21.6. The zero-order valence-electron chi connectivity index (χ0n) is 19.1. The van der Waals surface area contributed by atoms with E-state index < -0.39 is 12.1 Å². The van der Waals surface area contributed by atoms with Crippen molar-refractivity contribution in [2.24, 2.45) is 0 Å². The molecule has 0 bridgehead atoms. The number of rotatable bonds is 20. The standard InChI is InChI=1S/C24H45NO4/c1-4-5-6-7-8-9-10-11-12-13-14-15-16-17-18-19-25-24(27)29-21-20-28-23(26)22(2)3/h2,4-21H2,1,3H3,(H,25,27). The molecular formula is C24H45NO4. The molecule has 0 rings (SSSR count). The highest BCUT2D eigenvalue weighted by atomic mass is 16.6. The van der Waals surface area contributed by atoms with Gasteiger partial charge in [0.2, 0.25) is 0 Å². The van der Waals surface area contributed by atoms with Crippen LogP contribution in [0.4, 0.5) is 4.79 Å². The molecule has 0 atom stereocenters. The van der Waals surface area contributed by atoms with Gasteiger partial charge in [-0.05, 0) is 13.3 Å². The van der Waals surface area contributed by atoms with Crippen molar-refractivity contribution in [3.63, 3.8) is 0 Å². The molecule has 0 saturated heterocycles. The van der Waals surface area contributed by atoms with E-state index in [9.17, 15) is 9.59 Å². The lowest BCUT2D eigenvalue weighted by Crippen LogP contribution is -2.26. The summed E-state index contributed by atoms with van der Waals surface area (Å²) in [6.07, 6.45) is 19.4. The smallest absolute Gasteiger partial charge is 0.407 e. The predicted molar refractivity (Wildman–Crippen MR) is 120 cm³/mol. The molecule has 0 radical (unpaired) electrons. The van der Waals surface area contributed by atoms with Crippen LogP contribution in [0.15, 0.2) is 12.2 Å². The summed E-state index contributed by atoms with van der Waals surface area (Å²) in [7, 11) is 0. The summed E-state index contributed by atoms with van der Waals surface area (Å²) in [4.78, 5) is 22.6. The van der Waals surface area contributed by atoms with Gasteiger partial charge in [0, 0.05) is 12.1 Å². The molecule has 5 heteroatoms. The quantitative estimate of drug-likeness (QED) is 0.137. The monoisotopic (exact) mass is 411 g/mol. The molecule has 0 aliphatic carbocycles. The molecule has 0 saturated carbocycles. The molecule has 0 spiro atoms. The molecule has 0 aromatic heterocycles. The van der Waals surface area contributed by atoms with E-state index in [4.69, 9.17) is 9.47 Å². The van der Waals surface area contributed by atoms with Crippen LogP contribution in [-0.4, -0.2) is 31.8 Å². The Labute approximate surface area is 179 Å². The number of carbonyl (C=O) groups is 2. The minimum Gasteiger partial charge on any atom is -0.459 e. The molecule has 0 aliphatic rings. The molecule has 0 aromatic carbocycles. The first kappa shape index (κ1) is 27.5. The summed E-state index contributed by atoms with van der Waals surface area (Å²) in [6.45, 7) is 8.07. The number of esters is 1. The summed E-state index contributed by atoms with van der Waals surface area (Å²) in [5, 5.41) is 2.72. The number of nitrogens with one attached hydrogen (secondary N) is 1. The van der Waals surface area contributed by atoms with Gasteiger partial charge in [0.1, 0.15) is 13.2 Å². The minimum absolute atomic E-state index is 0.0536. The van der Waals surface area contributed by atoms with Gasteiger partial charge in [-0.15, -0.1) is 0 Å². The molecule has 0 aromatic rings. The van der Waals surface area contributed by atoms with Gasteiger partial charge in [0.25, 0.3) is 0 Å². The van der Waals surface area contributed by atoms with E-state index >= 15 is 0 Å². The van der Waals surface area contributed by atoms with Crippen LogP contribution in [-0.2, 0) is 14.3 Å². The SMILES string of the molecule is C=C(C)C(=O)OCCOC(=O)NCCCCCCCCCCCCCCCCC. The van der Waals surface area contributed by atoms with E-state index in [1.54, 1.807) is 6.92 Å². The molecule has 29 heavy (non-hydrogen) atoms. The number of alkyl carbamates (subject to hydrolysis) is 1. The van der Waals surface area contributed by atoms with Gasteiger partial charge in [0.05, 0.1) is 0 Å². The van der Waals surface area contributed by atoms with Gasteiger partial charge in [-0.2, -0.15) is 0 Å². The highest BCUT2D eigenvalue weighted by molar-refractivity contribution is 5.86. The molecule has 0 aliphatic heterocycles. The Bertz CT molecular complexity index is 423. The van der Waals surface area contributed by atoms with E-state index in [1.807, 2.05) is 0 Å². The van der Waals surface area contributed by atoms with Crippen LogP contribution in [0.25, 0.3) is 0 Å². The largest absolute Gasteiger partial charge is 0.459 e. The van der Waals surface area contributed by atoms with Gasteiger partial charge in [-0.1, -0.05) is 103 Å². The highest BCUT2D eigenvalue weighted by Gasteiger charge is 2.04. The lowest BCUT2D eigenvalue weighted by molar-refractivity contribution is -0.139.